The summed E-state index contributed by atoms with van der Waals surface area (Å²) in [7, 11) is 0. The molecule has 1 atom stereocenters. The molecule has 0 aliphatic carbocycles. The van der Waals surface area contributed by atoms with Crippen LogP contribution in [0, 0.1) is 5.82 Å². The largest absolute Gasteiger partial charge is 0.340 e. The summed E-state index contributed by atoms with van der Waals surface area (Å²) in [5.74, 6) is 0.153. The Morgan fingerprint density at radius 3 is 3.05 bits per heavy atom. The lowest BCUT2D eigenvalue weighted by Crippen LogP contribution is -2.14. The lowest BCUT2D eigenvalue weighted by Gasteiger charge is -2.25. The molecule has 3 aromatic rings. The Labute approximate surface area is 120 Å². The van der Waals surface area contributed by atoms with Crippen LogP contribution in [0.5, 0.6) is 0 Å². The smallest absolute Gasteiger partial charge is 0.132 e. The number of hydrogen-bond acceptors (Lipinski definition) is 1. The van der Waals surface area contributed by atoms with Crippen molar-refractivity contribution in [3.8, 4) is 11.3 Å². The monoisotopic (exact) mass is 286 g/mol. The number of benzene rings is 1. The number of pyridine rings is 1. The maximum Gasteiger partial charge on any atom is 0.132 e. The first-order chi connectivity index (χ1) is 9.65. The molecule has 2 aromatic heterocycles. The summed E-state index contributed by atoms with van der Waals surface area (Å²) >= 11 is 6.03. The van der Waals surface area contributed by atoms with Gasteiger partial charge in [0.15, 0.2) is 0 Å². The van der Waals surface area contributed by atoms with Crippen LogP contribution < -0.4 is 0 Å². The van der Waals surface area contributed by atoms with Crippen molar-refractivity contribution in [3.63, 3.8) is 0 Å². The molecule has 3 heterocycles. The van der Waals surface area contributed by atoms with Crippen molar-refractivity contribution in [1.29, 1.82) is 0 Å². The van der Waals surface area contributed by atoms with Crippen LogP contribution in [0.2, 0.25) is 5.15 Å². The van der Waals surface area contributed by atoms with E-state index in [1.54, 1.807) is 6.07 Å². The summed E-state index contributed by atoms with van der Waals surface area (Å²) in [5, 5.41) is 1.13. The molecule has 1 aliphatic rings. The van der Waals surface area contributed by atoms with Gasteiger partial charge < -0.3 is 4.57 Å². The molecule has 2 nitrogen and oxygen atoms in total. The van der Waals surface area contributed by atoms with E-state index >= 15 is 0 Å². The average Bonchev–Trinajstić information content (AvgIpc) is 2.79. The molecule has 0 fully saturated rings. The highest BCUT2D eigenvalue weighted by molar-refractivity contribution is 6.29. The number of hydrogen-bond donors (Lipinski definition) is 0. The van der Waals surface area contributed by atoms with Gasteiger partial charge in [-0.2, -0.15) is 0 Å². The number of aromatic nitrogens is 2. The lowest BCUT2D eigenvalue weighted by molar-refractivity contribution is 0.599. The van der Waals surface area contributed by atoms with Crippen molar-refractivity contribution in [1.82, 2.24) is 9.55 Å². The summed E-state index contributed by atoms with van der Waals surface area (Å²) in [6.45, 7) is 2.99. The third kappa shape index (κ3) is 1.53. The number of rotatable bonds is 0. The van der Waals surface area contributed by atoms with E-state index in [4.69, 9.17) is 11.6 Å². The quantitative estimate of drug-likeness (QED) is 0.552. The number of nitrogens with zero attached hydrogens (tertiary/aromatic N) is 2. The third-order valence-corrected chi connectivity index (χ3v) is 4.26. The molecule has 0 saturated heterocycles. The Morgan fingerprint density at radius 1 is 1.35 bits per heavy atom. The van der Waals surface area contributed by atoms with Crippen molar-refractivity contribution in [2.24, 2.45) is 0 Å². The molecule has 20 heavy (non-hydrogen) atoms. The predicted molar refractivity (Wildman–Crippen MR) is 78.6 cm³/mol. The van der Waals surface area contributed by atoms with Crippen LogP contribution in [-0.2, 0) is 6.54 Å². The first-order valence-electron chi connectivity index (χ1n) is 6.58. The van der Waals surface area contributed by atoms with E-state index in [0.29, 0.717) is 16.5 Å². The van der Waals surface area contributed by atoms with Gasteiger partial charge in [-0.1, -0.05) is 24.6 Å². The van der Waals surface area contributed by atoms with Crippen molar-refractivity contribution in [3.05, 3.63) is 53.1 Å². The Bertz CT molecular complexity index is 838. The molecule has 0 bridgehead atoms. The Kier molecular flexibility index (Phi) is 2.42. The standard InChI is InChI=1S/C16H12ClFN2/c1-9-8-20-14-4-2-3-13(18)11(14)5-15(20)10-6-16(17)19-7-12(9)10/h2-7,9H,8H2,1H3. The fourth-order valence-corrected chi connectivity index (χ4v) is 3.25. The van der Waals surface area contributed by atoms with Crippen LogP contribution in [-0.4, -0.2) is 9.55 Å². The molecule has 0 radical (unpaired) electrons. The summed E-state index contributed by atoms with van der Waals surface area (Å²) in [6, 6.07) is 8.99. The zero-order chi connectivity index (χ0) is 13.9. The number of fused-ring (bicyclic) bond motifs is 5. The van der Waals surface area contributed by atoms with Gasteiger partial charge in [0.25, 0.3) is 0 Å². The minimum Gasteiger partial charge on any atom is -0.340 e. The van der Waals surface area contributed by atoms with Crippen LogP contribution in [0.25, 0.3) is 22.2 Å². The Morgan fingerprint density at radius 2 is 2.20 bits per heavy atom. The van der Waals surface area contributed by atoms with E-state index in [9.17, 15) is 4.39 Å². The molecular weight excluding hydrogens is 275 g/mol. The SMILES string of the molecule is CC1Cn2c(cc3c(F)cccc32)-c2cc(Cl)ncc21. The molecule has 0 spiro atoms. The molecule has 1 aromatic carbocycles. The van der Waals surface area contributed by atoms with Crippen molar-refractivity contribution in [2.45, 2.75) is 19.4 Å². The van der Waals surface area contributed by atoms with Crippen LogP contribution in [0.4, 0.5) is 4.39 Å². The maximum atomic E-state index is 14.0. The highest BCUT2D eigenvalue weighted by Gasteiger charge is 2.24. The van der Waals surface area contributed by atoms with Gasteiger partial charge >= 0.3 is 0 Å². The molecule has 1 unspecified atom stereocenters. The van der Waals surface area contributed by atoms with Crippen LogP contribution >= 0.6 is 11.6 Å². The van der Waals surface area contributed by atoms with Gasteiger partial charge in [-0.25, -0.2) is 9.37 Å². The van der Waals surface area contributed by atoms with E-state index in [2.05, 4.69) is 16.5 Å². The van der Waals surface area contributed by atoms with E-state index < -0.39 is 0 Å². The molecule has 0 saturated carbocycles. The van der Waals surface area contributed by atoms with Gasteiger partial charge in [-0.05, 0) is 29.8 Å². The second kappa shape index (κ2) is 4.06. The summed E-state index contributed by atoms with van der Waals surface area (Å²) in [6.07, 6.45) is 1.83. The minimum absolute atomic E-state index is 0.182. The summed E-state index contributed by atoms with van der Waals surface area (Å²) < 4.78 is 16.1. The van der Waals surface area contributed by atoms with Gasteiger partial charge in [0.05, 0.1) is 5.52 Å². The Balaban J connectivity index is 2.11. The van der Waals surface area contributed by atoms with Crippen LogP contribution in [0.1, 0.15) is 18.4 Å². The Hall–Kier alpha value is -1.87. The normalized spacial score (nSPS) is 17.1. The molecule has 0 amide bonds. The van der Waals surface area contributed by atoms with Crippen molar-refractivity contribution in [2.75, 3.05) is 0 Å². The highest BCUT2D eigenvalue weighted by Crippen LogP contribution is 2.40. The molecule has 0 N–H and O–H groups in total. The fraction of sp³-hybridized carbons (Fsp3) is 0.188. The second-order valence-corrected chi connectivity index (χ2v) is 5.70. The first-order valence-corrected chi connectivity index (χ1v) is 6.96. The summed E-state index contributed by atoms with van der Waals surface area (Å²) in [4.78, 5) is 4.17. The zero-order valence-corrected chi connectivity index (χ0v) is 11.7. The second-order valence-electron chi connectivity index (χ2n) is 5.31. The van der Waals surface area contributed by atoms with E-state index in [0.717, 1.165) is 23.3 Å². The van der Waals surface area contributed by atoms with Gasteiger partial charge in [0.2, 0.25) is 0 Å². The predicted octanol–water partition coefficient (Wildman–Crippen LogP) is 4.61. The minimum atomic E-state index is -0.182. The zero-order valence-electron chi connectivity index (χ0n) is 10.9. The lowest BCUT2D eigenvalue weighted by atomic mass is 9.93. The first kappa shape index (κ1) is 11.9. The van der Waals surface area contributed by atoms with Gasteiger partial charge in [0, 0.05) is 35.3 Å². The molecular formula is C16H12ClFN2. The average molecular weight is 287 g/mol. The summed E-state index contributed by atoms with van der Waals surface area (Å²) in [5.41, 5.74) is 4.18. The third-order valence-electron chi connectivity index (χ3n) is 4.06. The van der Waals surface area contributed by atoms with E-state index in [1.807, 2.05) is 24.4 Å². The molecule has 4 heteroatoms. The van der Waals surface area contributed by atoms with Crippen molar-refractivity contribution < 1.29 is 4.39 Å². The van der Waals surface area contributed by atoms with E-state index in [1.165, 1.54) is 11.6 Å². The molecule has 4 rings (SSSR count). The van der Waals surface area contributed by atoms with Gasteiger partial charge in [-0.3, -0.25) is 0 Å². The van der Waals surface area contributed by atoms with Crippen molar-refractivity contribution >= 4 is 22.5 Å². The van der Waals surface area contributed by atoms with Gasteiger partial charge in [0.1, 0.15) is 11.0 Å². The van der Waals surface area contributed by atoms with E-state index in [-0.39, 0.29) is 5.82 Å². The van der Waals surface area contributed by atoms with Gasteiger partial charge in [-0.15, -0.1) is 0 Å². The highest BCUT2D eigenvalue weighted by atomic mass is 35.5. The maximum absolute atomic E-state index is 14.0. The topological polar surface area (TPSA) is 17.8 Å². The number of halogens is 2. The van der Waals surface area contributed by atoms with Crippen LogP contribution in [0.3, 0.4) is 0 Å². The fourth-order valence-electron chi connectivity index (χ4n) is 3.10. The van der Waals surface area contributed by atoms with Crippen LogP contribution in [0.15, 0.2) is 36.5 Å². The molecule has 1 aliphatic heterocycles. The molecule has 100 valence electrons.